The highest BCUT2D eigenvalue weighted by molar-refractivity contribution is 6.32. The summed E-state index contributed by atoms with van der Waals surface area (Å²) in [4.78, 5) is 13.7. The van der Waals surface area contributed by atoms with Gasteiger partial charge >= 0.3 is 0 Å². The van der Waals surface area contributed by atoms with Gasteiger partial charge in [-0.3, -0.25) is 0 Å². The average molecular weight is 444 g/mol. The second-order valence-corrected chi connectivity index (χ2v) is 6.76. The van der Waals surface area contributed by atoms with E-state index in [4.69, 9.17) is 21.2 Å². The zero-order valence-electron chi connectivity index (χ0n) is 17.2. The number of benzene rings is 2. The minimum Gasteiger partial charge on any atom is -0.487 e. The van der Waals surface area contributed by atoms with Gasteiger partial charge in [-0.1, -0.05) is 28.9 Å². The van der Waals surface area contributed by atoms with E-state index in [9.17, 15) is 4.39 Å². The highest BCUT2D eigenvalue weighted by atomic mass is 35.5. The van der Waals surface area contributed by atoms with Crippen LogP contribution in [0.25, 0.3) is 0 Å². The Balaban J connectivity index is 1.76. The van der Waals surface area contributed by atoms with Crippen LogP contribution in [0.4, 0.5) is 21.7 Å². The highest BCUT2D eigenvalue weighted by Crippen LogP contribution is 2.30. The molecule has 1 heterocycles. The van der Waals surface area contributed by atoms with Crippen LogP contribution in [0, 0.1) is 5.82 Å². The average Bonchev–Trinajstić information content (AvgIpc) is 2.75. The Hall–Kier alpha value is -3.39. The van der Waals surface area contributed by atoms with Crippen molar-refractivity contribution in [3.63, 3.8) is 0 Å². The number of halogens is 2. The van der Waals surface area contributed by atoms with E-state index in [-0.39, 0.29) is 12.4 Å². The molecule has 0 spiro atoms. The maximum atomic E-state index is 13.3. The van der Waals surface area contributed by atoms with Crippen LogP contribution in [0.1, 0.15) is 25.0 Å². The highest BCUT2D eigenvalue weighted by Gasteiger charge is 2.11. The SMILES string of the molecule is CCNc1ncnc(Nc2ccc(OCc3cccc(F)c3)c(Cl)c2)c1C=NOCC. The topological polar surface area (TPSA) is 80.7 Å². The van der Waals surface area contributed by atoms with Crippen molar-refractivity contribution in [3.8, 4) is 5.75 Å². The van der Waals surface area contributed by atoms with Crippen molar-refractivity contribution >= 4 is 35.1 Å². The van der Waals surface area contributed by atoms with Gasteiger partial charge in [0.15, 0.2) is 0 Å². The number of hydrogen-bond acceptors (Lipinski definition) is 7. The third-order valence-corrected chi connectivity index (χ3v) is 4.39. The van der Waals surface area contributed by atoms with Crippen LogP contribution in [0.5, 0.6) is 5.75 Å². The van der Waals surface area contributed by atoms with Crippen molar-refractivity contribution in [1.82, 2.24) is 9.97 Å². The molecular weight excluding hydrogens is 421 g/mol. The van der Waals surface area contributed by atoms with E-state index in [0.717, 1.165) is 0 Å². The molecule has 3 aromatic rings. The Morgan fingerprint density at radius 1 is 1.13 bits per heavy atom. The van der Waals surface area contributed by atoms with Crippen LogP contribution >= 0.6 is 11.6 Å². The van der Waals surface area contributed by atoms with E-state index in [1.807, 2.05) is 19.9 Å². The van der Waals surface area contributed by atoms with Crippen LogP contribution in [0.15, 0.2) is 53.9 Å². The lowest BCUT2D eigenvalue weighted by atomic mass is 10.2. The van der Waals surface area contributed by atoms with Crippen molar-refractivity contribution in [2.24, 2.45) is 5.16 Å². The fourth-order valence-corrected chi connectivity index (χ4v) is 2.95. The van der Waals surface area contributed by atoms with Gasteiger partial charge in [0.2, 0.25) is 0 Å². The molecule has 0 unspecified atom stereocenters. The lowest BCUT2D eigenvalue weighted by Gasteiger charge is -2.14. The number of aromatic nitrogens is 2. The van der Waals surface area contributed by atoms with E-state index in [0.29, 0.717) is 52.4 Å². The summed E-state index contributed by atoms with van der Waals surface area (Å²) >= 11 is 6.39. The lowest BCUT2D eigenvalue weighted by Crippen LogP contribution is -2.08. The van der Waals surface area contributed by atoms with E-state index in [1.165, 1.54) is 18.5 Å². The molecule has 0 aliphatic heterocycles. The van der Waals surface area contributed by atoms with E-state index < -0.39 is 0 Å². The van der Waals surface area contributed by atoms with Crippen LogP contribution in [0.3, 0.4) is 0 Å². The first-order valence-corrected chi connectivity index (χ1v) is 10.2. The predicted molar refractivity (Wildman–Crippen MR) is 121 cm³/mol. The van der Waals surface area contributed by atoms with Gasteiger partial charge in [0, 0.05) is 12.2 Å². The van der Waals surface area contributed by atoms with Gasteiger partial charge in [-0.2, -0.15) is 0 Å². The number of nitrogens with one attached hydrogen (secondary N) is 2. The second kappa shape index (κ2) is 11.1. The minimum absolute atomic E-state index is 0.209. The van der Waals surface area contributed by atoms with Gasteiger partial charge in [-0.05, 0) is 49.7 Å². The molecular formula is C22H23ClFN5O2. The van der Waals surface area contributed by atoms with Gasteiger partial charge in [0.05, 0.1) is 16.8 Å². The number of ether oxygens (including phenoxy) is 1. The molecule has 0 saturated heterocycles. The monoisotopic (exact) mass is 443 g/mol. The van der Waals surface area contributed by atoms with Crippen LogP contribution in [-0.2, 0) is 11.4 Å². The van der Waals surface area contributed by atoms with Gasteiger partial charge in [-0.25, -0.2) is 14.4 Å². The smallest absolute Gasteiger partial charge is 0.144 e. The minimum atomic E-state index is -0.308. The Bertz CT molecular complexity index is 1050. The van der Waals surface area contributed by atoms with Crippen LogP contribution in [-0.4, -0.2) is 29.3 Å². The molecule has 0 fully saturated rings. The molecule has 0 radical (unpaired) electrons. The Kier molecular flexibility index (Phi) is 8.00. The number of nitrogens with zero attached hydrogens (tertiary/aromatic N) is 3. The van der Waals surface area contributed by atoms with Gasteiger partial charge in [0.1, 0.15) is 42.7 Å². The zero-order valence-corrected chi connectivity index (χ0v) is 18.0. The molecule has 3 rings (SSSR count). The molecule has 0 amide bonds. The van der Waals surface area contributed by atoms with Gasteiger partial charge in [0.25, 0.3) is 0 Å². The molecule has 0 aliphatic rings. The lowest BCUT2D eigenvalue weighted by molar-refractivity contribution is 0.160. The Morgan fingerprint density at radius 2 is 1.97 bits per heavy atom. The first kappa shape index (κ1) is 22.3. The summed E-state index contributed by atoms with van der Waals surface area (Å²) in [6.07, 6.45) is 3.01. The number of oxime groups is 1. The van der Waals surface area contributed by atoms with E-state index in [2.05, 4.69) is 25.8 Å². The molecule has 2 aromatic carbocycles. The summed E-state index contributed by atoms with van der Waals surface area (Å²) in [5.74, 6) is 1.35. The van der Waals surface area contributed by atoms with Crippen molar-refractivity contribution in [1.29, 1.82) is 0 Å². The Labute approximate surface area is 185 Å². The molecule has 162 valence electrons. The maximum Gasteiger partial charge on any atom is 0.144 e. The van der Waals surface area contributed by atoms with Crippen molar-refractivity contribution in [3.05, 3.63) is 70.8 Å². The molecule has 31 heavy (non-hydrogen) atoms. The van der Waals surface area contributed by atoms with Crippen molar-refractivity contribution < 1.29 is 14.0 Å². The Morgan fingerprint density at radius 3 is 2.71 bits per heavy atom. The normalized spacial score (nSPS) is 10.8. The second-order valence-electron chi connectivity index (χ2n) is 6.36. The molecule has 0 bridgehead atoms. The first-order chi connectivity index (χ1) is 15.1. The third kappa shape index (κ3) is 6.29. The number of hydrogen-bond donors (Lipinski definition) is 2. The third-order valence-electron chi connectivity index (χ3n) is 4.09. The number of rotatable bonds is 10. The summed E-state index contributed by atoms with van der Waals surface area (Å²) in [7, 11) is 0. The predicted octanol–water partition coefficient (Wildman–Crippen LogP) is 5.39. The largest absolute Gasteiger partial charge is 0.487 e. The molecule has 2 N–H and O–H groups in total. The van der Waals surface area contributed by atoms with Gasteiger partial charge < -0.3 is 20.2 Å². The molecule has 0 saturated carbocycles. The van der Waals surface area contributed by atoms with Crippen LogP contribution < -0.4 is 15.4 Å². The summed E-state index contributed by atoms with van der Waals surface area (Å²) in [5, 5.41) is 10.7. The zero-order chi connectivity index (χ0) is 22.1. The summed E-state index contributed by atoms with van der Waals surface area (Å²) < 4.78 is 19.0. The van der Waals surface area contributed by atoms with Crippen molar-refractivity contribution in [2.45, 2.75) is 20.5 Å². The first-order valence-electron chi connectivity index (χ1n) is 9.78. The fourth-order valence-electron chi connectivity index (χ4n) is 2.71. The maximum absolute atomic E-state index is 13.3. The molecule has 0 atom stereocenters. The molecule has 0 aliphatic carbocycles. The fraction of sp³-hybridized carbons (Fsp3) is 0.227. The summed E-state index contributed by atoms with van der Waals surface area (Å²) in [6.45, 7) is 5.18. The van der Waals surface area contributed by atoms with Gasteiger partial charge in [-0.15, -0.1) is 0 Å². The van der Waals surface area contributed by atoms with Crippen molar-refractivity contribution in [2.75, 3.05) is 23.8 Å². The molecule has 7 nitrogen and oxygen atoms in total. The van der Waals surface area contributed by atoms with E-state index >= 15 is 0 Å². The molecule has 1 aromatic heterocycles. The number of anilines is 3. The quantitative estimate of drug-likeness (QED) is 0.323. The standard InChI is InChI=1S/C22H23ClFN5O2/c1-3-25-21-18(12-28-31-4-2)22(27-14-26-21)29-17-8-9-20(19(23)11-17)30-13-15-6-5-7-16(24)10-15/h5-12,14H,3-4,13H2,1-2H3,(H2,25,26,27,29). The summed E-state index contributed by atoms with van der Waals surface area (Å²) in [5.41, 5.74) is 2.07. The summed E-state index contributed by atoms with van der Waals surface area (Å²) in [6, 6.07) is 11.5. The van der Waals surface area contributed by atoms with Crippen LogP contribution in [0.2, 0.25) is 5.02 Å². The molecule has 9 heteroatoms. The van der Waals surface area contributed by atoms with E-state index in [1.54, 1.807) is 30.5 Å².